The summed E-state index contributed by atoms with van der Waals surface area (Å²) < 4.78 is 5.88. The maximum Gasteiger partial charge on any atom is 0.119 e. The minimum atomic E-state index is 0.456. The topological polar surface area (TPSA) is 9.23 Å². The van der Waals surface area contributed by atoms with E-state index >= 15 is 0 Å². The molecule has 0 N–H and O–H groups in total. The highest BCUT2D eigenvalue weighted by molar-refractivity contribution is 5.50. The van der Waals surface area contributed by atoms with E-state index in [0.29, 0.717) is 6.10 Å². The lowest BCUT2D eigenvalue weighted by Gasteiger charge is -2.12. The summed E-state index contributed by atoms with van der Waals surface area (Å²) in [4.78, 5) is 0. The number of hydrogen-bond acceptors (Lipinski definition) is 1. The summed E-state index contributed by atoms with van der Waals surface area (Å²) in [7, 11) is 0. The SMILES string of the molecule is C/C=C/c1ccc(OC2CCCC2)cc1. The van der Waals surface area contributed by atoms with Gasteiger partial charge in [0.2, 0.25) is 0 Å². The van der Waals surface area contributed by atoms with Crippen molar-refractivity contribution in [2.75, 3.05) is 0 Å². The van der Waals surface area contributed by atoms with Crippen molar-refractivity contribution in [1.29, 1.82) is 0 Å². The molecule has 2 rings (SSSR count). The van der Waals surface area contributed by atoms with E-state index in [9.17, 15) is 0 Å². The third-order valence-corrected chi connectivity index (χ3v) is 2.84. The molecule has 1 heteroatoms. The molecule has 1 aliphatic carbocycles. The van der Waals surface area contributed by atoms with Gasteiger partial charge in [0.15, 0.2) is 0 Å². The standard InChI is InChI=1S/C14H18O/c1-2-5-12-8-10-14(11-9-12)15-13-6-3-4-7-13/h2,5,8-11,13H,3-4,6-7H2,1H3/b5-2+. The number of hydrogen-bond donors (Lipinski definition) is 0. The van der Waals surface area contributed by atoms with Crippen LogP contribution in [0.5, 0.6) is 5.75 Å². The molecule has 0 aromatic heterocycles. The fourth-order valence-corrected chi connectivity index (χ4v) is 2.05. The van der Waals surface area contributed by atoms with Crippen molar-refractivity contribution in [3.63, 3.8) is 0 Å². The molecule has 0 saturated heterocycles. The van der Waals surface area contributed by atoms with Gasteiger partial charge in [0, 0.05) is 0 Å². The summed E-state index contributed by atoms with van der Waals surface area (Å²) in [6, 6.07) is 8.33. The van der Waals surface area contributed by atoms with Gasteiger partial charge < -0.3 is 4.74 Å². The van der Waals surface area contributed by atoms with Gasteiger partial charge in [-0.1, -0.05) is 24.3 Å². The highest BCUT2D eigenvalue weighted by Gasteiger charge is 2.15. The molecule has 0 heterocycles. The van der Waals surface area contributed by atoms with Crippen molar-refractivity contribution in [2.24, 2.45) is 0 Å². The molecule has 0 unspecified atom stereocenters. The molecular formula is C14H18O. The van der Waals surface area contributed by atoms with Gasteiger partial charge in [0.05, 0.1) is 6.10 Å². The fourth-order valence-electron chi connectivity index (χ4n) is 2.05. The van der Waals surface area contributed by atoms with Gasteiger partial charge in [-0.05, 0) is 50.3 Å². The Bertz CT molecular complexity index is 318. The molecule has 1 aliphatic rings. The van der Waals surface area contributed by atoms with E-state index in [1.165, 1.54) is 31.2 Å². The molecule has 1 nitrogen and oxygen atoms in total. The van der Waals surface area contributed by atoms with Crippen LogP contribution in [0.15, 0.2) is 30.3 Å². The van der Waals surface area contributed by atoms with E-state index in [4.69, 9.17) is 4.74 Å². The first-order chi connectivity index (χ1) is 7.38. The summed E-state index contributed by atoms with van der Waals surface area (Å²) >= 11 is 0. The zero-order valence-corrected chi connectivity index (χ0v) is 9.28. The second kappa shape index (κ2) is 5.01. The third kappa shape index (κ3) is 2.85. The van der Waals surface area contributed by atoms with Crippen LogP contribution in [0.3, 0.4) is 0 Å². The lowest BCUT2D eigenvalue weighted by atomic mass is 10.2. The van der Waals surface area contributed by atoms with Gasteiger partial charge in [0.1, 0.15) is 5.75 Å². The Kier molecular flexibility index (Phi) is 3.44. The maximum atomic E-state index is 5.88. The summed E-state index contributed by atoms with van der Waals surface area (Å²) in [6.07, 6.45) is 9.68. The second-order valence-electron chi connectivity index (χ2n) is 4.09. The summed E-state index contributed by atoms with van der Waals surface area (Å²) in [5.41, 5.74) is 1.23. The lowest BCUT2D eigenvalue weighted by Crippen LogP contribution is -2.10. The number of benzene rings is 1. The maximum absolute atomic E-state index is 5.88. The monoisotopic (exact) mass is 202 g/mol. The summed E-state index contributed by atoms with van der Waals surface area (Å²) in [5, 5.41) is 0. The Morgan fingerprint density at radius 3 is 2.40 bits per heavy atom. The molecule has 0 bridgehead atoms. The molecule has 0 spiro atoms. The molecule has 15 heavy (non-hydrogen) atoms. The highest BCUT2D eigenvalue weighted by Crippen LogP contribution is 2.24. The molecule has 0 atom stereocenters. The van der Waals surface area contributed by atoms with E-state index in [-0.39, 0.29) is 0 Å². The lowest BCUT2D eigenvalue weighted by molar-refractivity contribution is 0.210. The number of rotatable bonds is 3. The van der Waals surface area contributed by atoms with Crippen LogP contribution >= 0.6 is 0 Å². The average Bonchev–Trinajstić information content (AvgIpc) is 2.74. The molecule has 1 fully saturated rings. The smallest absolute Gasteiger partial charge is 0.119 e. The molecule has 1 aromatic rings. The predicted molar refractivity (Wildman–Crippen MR) is 64.0 cm³/mol. The fraction of sp³-hybridized carbons (Fsp3) is 0.429. The van der Waals surface area contributed by atoms with E-state index in [2.05, 4.69) is 30.3 Å². The van der Waals surface area contributed by atoms with E-state index in [1.807, 2.05) is 13.0 Å². The van der Waals surface area contributed by atoms with Crippen LogP contribution in [0.4, 0.5) is 0 Å². The Hall–Kier alpha value is -1.24. The van der Waals surface area contributed by atoms with Crippen molar-refractivity contribution in [2.45, 2.75) is 38.7 Å². The first-order valence-corrected chi connectivity index (χ1v) is 5.78. The van der Waals surface area contributed by atoms with Crippen LogP contribution in [0, 0.1) is 0 Å². The van der Waals surface area contributed by atoms with E-state index in [0.717, 1.165) is 5.75 Å². The van der Waals surface area contributed by atoms with Crippen molar-refractivity contribution in [1.82, 2.24) is 0 Å². The Balaban J connectivity index is 1.97. The highest BCUT2D eigenvalue weighted by atomic mass is 16.5. The van der Waals surface area contributed by atoms with Gasteiger partial charge in [-0.3, -0.25) is 0 Å². The van der Waals surface area contributed by atoms with Crippen LogP contribution in [-0.2, 0) is 0 Å². The first-order valence-electron chi connectivity index (χ1n) is 5.78. The van der Waals surface area contributed by atoms with E-state index < -0.39 is 0 Å². The van der Waals surface area contributed by atoms with Gasteiger partial charge in [-0.2, -0.15) is 0 Å². The van der Waals surface area contributed by atoms with Crippen LogP contribution < -0.4 is 4.74 Å². The first kappa shape index (κ1) is 10.3. The number of ether oxygens (including phenoxy) is 1. The molecule has 1 aromatic carbocycles. The van der Waals surface area contributed by atoms with Crippen molar-refractivity contribution < 1.29 is 4.74 Å². The van der Waals surface area contributed by atoms with Crippen LogP contribution in [0.1, 0.15) is 38.2 Å². The van der Waals surface area contributed by atoms with Crippen LogP contribution in [-0.4, -0.2) is 6.10 Å². The molecule has 1 saturated carbocycles. The molecule has 0 radical (unpaired) electrons. The van der Waals surface area contributed by atoms with Crippen molar-refractivity contribution in [3.05, 3.63) is 35.9 Å². The van der Waals surface area contributed by atoms with Gasteiger partial charge >= 0.3 is 0 Å². The van der Waals surface area contributed by atoms with Crippen LogP contribution in [0.25, 0.3) is 6.08 Å². The third-order valence-electron chi connectivity index (χ3n) is 2.84. The molecule has 0 amide bonds. The zero-order valence-electron chi connectivity index (χ0n) is 9.28. The minimum Gasteiger partial charge on any atom is -0.490 e. The summed E-state index contributed by atoms with van der Waals surface area (Å²) in [5.74, 6) is 1.01. The van der Waals surface area contributed by atoms with Gasteiger partial charge in [-0.15, -0.1) is 0 Å². The molecule has 80 valence electrons. The predicted octanol–water partition coefficient (Wildman–Crippen LogP) is 4.04. The summed E-state index contributed by atoms with van der Waals surface area (Å²) in [6.45, 7) is 2.03. The van der Waals surface area contributed by atoms with Crippen molar-refractivity contribution >= 4 is 6.08 Å². The van der Waals surface area contributed by atoms with Gasteiger partial charge in [-0.25, -0.2) is 0 Å². The normalized spacial score (nSPS) is 17.4. The quantitative estimate of drug-likeness (QED) is 0.718. The van der Waals surface area contributed by atoms with E-state index in [1.54, 1.807) is 0 Å². The van der Waals surface area contributed by atoms with Gasteiger partial charge in [0.25, 0.3) is 0 Å². The second-order valence-corrected chi connectivity index (χ2v) is 4.09. The molecular weight excluding hydrogens is 184 g/mol. The minimum absolute atomic E-state index is 0.456. The largest absolute Gasteiger partial charge is 0.490 e. The van der Waals surface area contributed by atoms with Crippen LogP contribution in [0.2, 0.25) is 0 Å². The van der Waals surface area contributed by atoms with Crippen molar-refractivity contribution in [3.8, 4) is 5.75 Å². The Labute approximate surface area is 91.8 Å². The Morgan fingerprint density at radius 1 is 1.13 bits per heavy atom. The Morgan fingerprint density at radius 2 is 1.80 bits per heavy atom. The number of allylic oxidation sites excluding steroid dienone is 1. The zero-order chi connectivity index (χ0) is 10.5. The average molecular weight is 202 g/mol. The molecule has 0 aliphatic heterocycles.